The third-order valence-corrected chi connectivity index (χ3v) is 10.7. The van der Waals surface area contributed by atoms with Gasteiger partial charge in [0, 0.05) is 12.2 Å². The quantitative estimate of drug-likeness (QED) is 0.325. The summed E-state index contributed by atoms with van der Waals surface area (Å²) in [6.07, 6.45) is 1.45. The third kappa shape index (κ3) is 6.61. The fourth-order valence-corrected chi connectivity index (χ4v) is 6.23. The molecule has 10 heteroatoms. The van der Waals surface area contributed by atoms with Crippen molar-refractivity contribution >= 4 is 61.5 Å². The molecule has 5 unspecified atom stereocenters. The first kappa shape index (κ1) is 24.8. The maximum Gasteiger partial charge on any atom is 0.353 e. The smallest absolute Gasteiger partial charge is 0.353 e. The highest BCUT2D eigenvalue weighted by Crippen LogP contribution is 2.40. The van der Waals surface area contributed by atoms with Crippen LogP contribution in [0.4, 0.5) is 0 Å². The van der Waals surface area contributed by atoms with E-state index in [9.17, 15) is 0 Å². The highest BCUT2D eigenvalue weighted by molar-refractivity contribution is 8.02. The van der Waals surface area contributed by atoms with E-state index in [1.165, 1.54) is 11.1 Å². The lowest BCUT2D eigenvalue weighted by Crippen LogP contribution is -2.50. The van der Waals surface area contributed by atoms with Crippen LogP contribution in [0.2, 0.25) is 0 Å². The van der Waals surface area contributed by atoms with Crippen LogP contribution in [0.5, 0.6) is 0 Å². The highest BCUT2D eigenvalue weighted by atomic mass is 32.1. The molecule has 0 N–H and O–H groups in total. The van der Waals surface area contributed by atoms with Crippen molar-refractivity contribution < 1.29 is 9.47 Å². The van der Waals surface area contributed by atoms with Crippen molar-refractivity contribution in [3.05, 3.63) is 71.8 Å². The molecule has 1 fully saturated rings. The number of benzene rings is 2. The average Bonchev–Trinajstić information content (AvgIpc) is 3.17. The summed E-state index contributed by atoms with van der Waals surface area (Å²) < 4.78 is 16.9. The number of hydrogen-bond donors (Lipinski definition) is 0. The van der Waals surface area contributed by atoms with Crippen LogP contribution in [-0.2, 0) is 22.3 Å². The van der Waals surface area contributed by atoms with Crippen LogP contribution in [0.3, 0.4) is 0 Å². The van der Waals surface area contributed by atoms with E-state index in [0.29, 0.717) is 16.8 Å². The van der Waals surface area contributed by atoms with E-state index in [-0.39, 0.29) is 29.5 Å². The van der Waals surface area contributed by atoms with Gasteiger partial charge in [-0.3, -0.25) is 9.11 Å². The molecule has 1 saturated heterocycles. The number of thiocarbonyl (C=S) groups is 1. The second kappa shape index (κ2) is 12.4. The summed E-state index contributed by atoms with van der Waals surface area (Å²) in [6.45, 7) is 0. The summed E-state index contributed by atoms with van der Waals surface area (Å²) in [4.78, 5) is 0. The van der Waals surface area contributed by atoms with Crippen molar-refractivity contribution in [3.63, 3.8) is 0 Å². The zero-order valence-electron chi connectivity index (χ0n) is 16.8. The van der Waals surface area contributed by atoms with Crippen LogP contribution in [0.25, 0.3) is 0 Å². The Morgan fingerprint density at radius 2 is 1.33 bits per heavy atom. The van der Waals surface area contributed by atoms with Gasteiger partial charge in [-0.15, -0.1) is 0 Å². The highest BCUT2D eigenvalue weighted by Gasteiger charge is 2.46. The van der Waals surface area contributed by atoms with E-state index in [4.69, 9.17) is 21.7 Å². The molecule has 3 rings (SSSR count). The second-order valence-corrected chi connectivity index (χ2v) is 11.9. The summed E-state index contributed by atoms with van der Waals surface area (Å²) in [5.74, 6) is 0. The summed E-state index contributed by atoms with van der Waals surface area (Å²) in [7, 11) is 11.8. The molecule has 4 nitrogen and oxygen atoms in total. The molecule has 0 amide bonds. The number of likely N-dealkylation sites (N-methyl/N-ethyl adjacent to an activating group) is 1. The summed E-state index contributed by atoms with van der Waals surface area (Å²) in [6, 6.07) is 21.4. The van der Waals surface area contributed by atoms with Gasteiger partial charge < -0.3 is 9.47 Å². The van der Waals surface area contributed by atoms with Gasteiger partial charge >= 0.3 is 5.24 Å². The van der Waals surface area contributed by atoms with Gasteiger partial charge in [-0.25, -0.2) is 0 Å². The Morgan fingerprint density at radius 1 is 0.867 bits per heavy atom. The predicted octanol–water partition coefficient (Wildman–Crippen LogP) is 5.07. The molecular formula is C20H29N2O2P5S. The Balaban J connectivity index is 1.90. The fourth-order valence-electron chi connectivity index (χ4n) is 3.73. The van der Waals surface area contributed by atoms with Crippen LogP contribution in [0, 0.1) is 0 Å². The van der Waals surface area contributed by atoms with Gasteiger partial charge in [-0.1, -0.05) is 87.9 Å². The molecule has 0 bridgehead atoms. The van der Waals surface area contributed by atoms with E-state index in [0.717, 1.165) is 12.8 Å². The third-order valence-electron chi connectivity index (χ3n) is 5.33. The summed E-state index contributed by atoms with van der Waals surface area (Å²) in [5, 5.41) is 0.257. The first-order valence-electron chi connectivity index (χ1n) is 9.68. The minimum Gasteiger partial charge on any atom is -0.448 e. The van der Waals surface area contributed by atoms with Gasteiger partial charge in [0.2, 0.25) is 0 Å². The van der Waals surface area contributed by atoms with Crippen molar-refractivity contribution in [1.29, 1.82) is 0 Å². The number of nitrogens with zero attached hydrogens (tertiary/aromatic N) is 2. The molecule has 0 saturated carbocycles. The van der Waals surface area contributed by atoms with Gasteiger partial charge in [0.25, 0.3) is 0 Å². The van der Waals surface area contributed by atoms with Crippen molar-refractivity contribution in [2.45, 2.75) is 37.1 Å². The zero-order valence-corrected chi connectivity index (χ0v) is 23.1. The standard InChI is InChI=1S/C20H29N2O2P5S/c1-21(28-26)16(12-14-8-4-2-5-9-14)18-19(24-20(30)23-18)17(22(25)29-27)13-15-10-6-3-7-11-15/h2-11,16-19,28-29H,12-13,25-27H2,1H3/t16-,17-,18+,19+/m0/s1. The number of ether oxygens (including phenoxy) is 2. The molecule has 2 aromatic rings. The van der Waals surface area contributed by atoms with Crippen molar-refractivity contribution in [1.82, 2.24) is 9.11 Å². The topological polar surface area (TPSA) is 24.9 Å². The lowest BCUT2D eigenvalue weighted by atomic mass is 9.92. The molecule has 2 aromatic carbocycles. The molecule has 1 aliphatic rings. The largest absolute Gasteiger partial charge is 0.448 e. The number of hydrogen-bond acceptors (Lipinski definition) is 5. The van der Waals surface area contributed by atoms with Crippen LogP contribution >= 0.6 is 56.3 Å². The molecule has 0 spiro atoms. The number of rotatable bonds is 10. The first-order valence-corrected chi connectivity index (χ1v) is 16.1. The Labute approximate surface area is 195 Å². The lowest BCUT2D eigenvalue weighted by Gasteiger charge is -2.37. The van der Waals surface area contributed by atoms with E-state index in [2.05, 4.69) is 98.0 Å². The minimum absolute atomic E-state index is 0.123. The molecule has 1 heterocycles. The summed E-state index contributed by atoms with van der Waals surface area (Å²) in [5.41, 5.74) is 2.56. The first-order chi connectivity index (χ1) is 14.5. The Morgan fingerprint density at radius 3 is 1.80 bits per heavy atom. The van der Waals surface area contributed by atoms with E-state index >= 15 is 0 Å². The van der Waals surface area contributed by atoms with E-state index < -0.39 is 0 Å². The van der Waals surface area contributed by atoms with Crippen LogP contribution in [0.15, 0.2) is 60.7 Å². The maximum absolute atomic E-state index is 6.17. The van der Waals surface area contributed by atoms with Gasteiger partial charge in [-0.05, 0) is 47.9 Å². The van der Waals surface area contributed by atoms with Crippen LogP contribution in [0.1, 0.15) is 11.1 Å². The Kier molecular flexibility index (Phi) is 10.3. The van der Waals surface area contributed by atoms with E-state index in [1.54, 1.807) is 0 Å². The second-order valence-electron chi connectivity index (χ2n) is 7.21. The molecule has 162 valence electrons. The molecule has 0 radical (unpaired) electrons. The summed E-state index contributed by atoms with van der Waals surface area (Å²) >= 11 is 5.39. The van der Waals surface area contributed by atoms with Gasteiger partial charge in [0.15, 0.2) is 12.2 Å². The monoisotopic (exact) mass is 516 g/mol. The molecule has 1 aliphatic heterocycles. The van der Waals surface area contributed by atoms with Crippen molar-refractivity contribution in [2.75, 3.05) is 7.05 Å². The van der Waals surface area contributed by atoms with Gasteiger partial charge in [-0.2, -0.15) is 0 Å². The van der Waals surface area contributed by atoms with Gasteiger partial charge in [0.05, 0.1) is 12.1 Å². The Bertz CT molecular complexity index is 739. The van der Waals surface area contributed by atoms with Crippen molar-refractivity contribution in [2.24, 2.45) is 0 Å². The predicted molar refractivity (Wildman–Crippen MR) is 146 cm³/mol. The molecule has 30 heavy (non-hydrogen) atoms. The molecule has 0 aliphatic carbocycles. The lowest BCUT2D eigenvalue weighted by molar-refractivity contribution is 0.0641. The SMILES string of the molecule is CN(PP)[C@@H](Cc1ccccc1)[C@H]1OC(=S)O[C@@H]1[C@H](Cc1ccccc1)N(P)PP. The zero-order chi connectivity index (χ0) is 21.5. The fraction of sp³-hybridized carbons (Fsp3) is 0.350. The Hall–Kier alpha value is 0.200. The maximum atomic E-state index is 6.17. The average molecular weight is 516 g/mol. The van der Waals surface area contributed by atoms with Crippen LogP contribution < -0.4 is 0 Å². The molecule has 0 aromatic heterocycles. The van der Waals surface area contributed by atoms with E-state index in [1.807, 2.05) is 6.07 Å². The van der Waals surface area contributed by atoms with Crippen LogP contribution in [-0.4, -0.2) is 45.7 Å². The van der Waals surface area contributed by atoms with Gasteiger partial charge in [0.1, 0.15) is 0 Å². The minimum atomic E-state index is -0.152. The molecule has 9 atom stereocenters. The van der Waals surface area contributed by atoms with Crippen molar-refractivity contribution in [3.8, 4) is 0 Å². The molecular weight excluding hydrogens is 487 g/mol. The normalized spacial score (nSPS) is 21.6.